The standard InChI is InChI=1S/C26H22BrCl2IN4O5/c1-14-24(27)19(13-37-2)18(9-31)26(36)34(14)11-23(35)33-32-10-15-6-21(30)25(22(7-15)38-3)39-12-16-4-5-17(28)8-20(16)29/h4-8,10H,11-13H2,1-3H3,(H,33,35)/b32-10+. The first-order valence-electron chi connectivity index (χ1n) is 11.2. The van der Waals surface area contributed by atoms with E-state index in [1.807, 2.05) is 6.07 Å². The van der Waals surface area contributed by atoms with Crippen molar-refractivity contribution in [2.45, 2.75) is 26.7 Å². The number of methoxy groups -OCH3 is 2. The molecule has 0 radical (unpaired) electrons. The number of carbonyl (C=O) groups excluding carboxylic acids is 1. The lowest BCUT2D eigenvalue weighted by atomic mass is 10.1. The quantitative estimate of drug-likeness (QED) is 0.165. The minimum Gasteiger partial charge on any atom is -0.493 e. The topological polar surface area (TPSA) is 115 Å². The summed E-state index contributed by atoms with van der Waals surface area (Å²) >= 11 is 17.7. The lowest BCUT2D eigenvalue weighted by molar-refractivity contribution is -0.121. The van der Waals surface area contributed by atoms with Gasteiger partial charge in [-0.1, -0.05) is 29.3 Å². The molecule has 2 aromatic carbocycles. The van der Waals surface area contributed by atoms with Crippen LogP contribution in [0.4, 0.5) is 0 Å². The summed E-state index contributed by atoms with van der Waals surface area (Å²) in [5.74, 6) is 0.441. The highest BCUT2D eigenvalue weighted by Gasteiger charge is 2.19. The van der Waals surface area contributed by atoms with Gasteiger partial charge >= 0.3 is 0 Å². The van der Waals surface area contributed by atoms with E-state index in [0.29, 0.717) is 42.8 Å². The fourth-order valence-corrected chi connectivity index (χ4v) is 5.32. The number of nitrogens with zero attached hydrogens (tertiary/aromatic N) is 3. The van der Waals surface area contributed by atoms with Crippen molar-refractivity contribution in [2.24, 2.45) is 5.10 Å². The van der Waals surface area contributed by atoms with E-state index in [4.69, 9.17) is 37.4 Å². The van der Waals surface area contributed by atoms with Gasteiger partial charge in [-0.15, -0.1) is 0 Å². The van der Waals surface area contributed by atoms with Gasteiger partial charge in [0.15, 0.2) is 11.5 Å². The zero-order valence-electron chi connectivity index (χ0n) is 21.0. The van der Waals surface area contributed by atoms with Gasteiger partial charge in [0.25, 0.3) is 11.5 Å². The summed E-state index contributed by atoms with van der Waals surface area (Å²) in [4.78, 5) is 25.4. The Bertz CT molecular complexity index is 1540. The molecule has 204 valence electrons. The molecule has 1 heterocycles. The minimum absolute atomic E-state index is 0.0812. The molecule has 0 aliphatic heterocycles. The predicted octanol–water partition coefficient (Wildman–Crippen LogP) is 5.59. The highest BCUT2D eigenvalue weighted by atomic mass is 127. The molecule has 3 rings (SSSR count). The van der Waals surface area contributed by atoms with Crippen LogP contribution >= 0.6 is 61.7 Å². The lowest BCUT2D eigenvalue weighted by Gasteiger charge is -2.15. The van der Waals surface area contributed by atoms with Crippen LogP contribution in [0.1, 0.15) is 27.9 Å². The molecule has 0 saturated heterocycles. The molecule has 1 amide bonds. The molecular weight excluding hydrogens is 726 g/mol. The second-order valence-electron chi connectivity index (χ2n) is 8.04. The maximum Gasteiger partial charge on any atom is 0.269 e. The number of ether oxygens (including phenoxy) is 3. The molecule has 0 atom stereocenters. The van der Waals surface area contributed by atoms with Crippen LogP contribution in [-0.4, -0.2) is 30.9 Å². The van der Waals surface area contributed by atoms with Crippen LogP contribution < -0.4 is 20.5 Å². The summed E-state index contributed by atoms with van der Waals surface area (Å²) in [6.45, 7) is 1.63. The third kappa shape index (κ3) is 7.52. The Morgan fingerprint density at radius 2 is 2.00 bits per heavy atom. The zero-order chi connectivity index (χ0) is 28.7. The fraction of sp³-hybridized carbons (Fsp3) is 0.231. The zero-order valence-corrected chi connectivity index (χ0v) is 26.2. The monoisotopic (exact) mass is 746 g/mol. The number of benzene rings is 2. The number of halogens is 4. The van der Waals surface area contributed by atoms with Crippen molar-refractivity contribution in [3.8, 4) is 17.6 Å². The summed E-state index contributed by atoms with van der Waals surface area (Å²) in [5.41, 5.74) is 4.06. The second kappa shape index (κ2) is 14.1. The van der Waals surface area contributed by atoms with Crippen molar-refractivity contribution in [3.05, 3.63) is 86.7 Å². The van der Waals surface area contributed by atoms with Gasteiger partial charge in [-0.3, -0.25) is 9.59 Å². The summed E-state index contributed by atoms with van der Waals surface area (Å²) in [5, 5.41) is 14.5. The largest absolute Gasteiger partial charge is 0.493 e. The highest BCUT2D eigenvalue weighted by Crippen LogP contribution is 2.35. The molecule has 0 unspecified atom stereocenters. The van der Waals surface area contributed by atoms with Crippen molar-refractivity contribution < 1.29 is 19.0 Å². The maximum absolute atomic E-state index is 12.8. The predicted molar refractivity (Wildman–Crippen MR) is 161 cm³/mol. The van der Waals surface area contributed by atoms with Crippen LogP contribution in [0.2, 0.25) is 10.0 Å². The third-order valence-electron chi connectivity index (χ3n) is 5.49. The number of amides is 1. The molecule has 13 heteroatoms. The van der Waals surface area contributed by atoms with Gasteiger partial charge in [-0.25, -0.2) is 5.43 Å². The van der Waals surface area contributed by atoms with E-state index in [1.165, 1.54) is 25.0 Å². The van der Waals surface area contributed by atoms with Crippen molar-refractivity contribution in [3.63, 3.8) is 0 Å². The van der Waals surface area contributed by atoms with Crippen molar-refractivity contribution in [1.82, 2.24) is 9.99 Å². The van der Waals surface area contributed by atoms with E-state index in [-0.39, 0.29) is 25.3 Å². The molecule has 0 spiro atoms. The number of hydrogen-bond donors (Lipinski definition) is 1. The van der Waals surface area contributed by atoms with Gasteiger partial charge in [0.1, 0.15) is 24.8 Å². The summed E-state index contributed by atoms with van der Waals surface area (Å²) in [6, 6.07) is 10.6. The molecule has 0 bridgehead atoms. The Hall–Kier alpha value is -2.63. The first-order valence-corrected chi connectivity index (χ1v) is 13.8. The number of hydrogen-bond acceptors (Lipinski definition) is 7. The van der Waals surface area contributed by atoms with E-state index in [2.05, 4.69) is 49.0 Å². The number of hydrazone groups is 1. The number of rotatable bonds is 10. The smallest absolute Gasteiger partial charge is 0.269 e. The molecule has 0 aliphatic carbocycles. The molecule has 0 fully saturated rings. The van der Waals surface area contributed by atoms with E-state index in [0.717, 1.165) is 9.13 Å². The van der Waals surface area contributed by atoms with Crippen LogP contribution in [0.3, 0.4) is 0 Å². The van der Waals surface area contributed by atoms with Crippen molar-refractivity contribution in [1.29, 1.82) is 5.26 Å². The van der Waals surface area contributed by atoms with E-state index < -0.39 is 11.5 Å². The highest BCUT2D eigenvalue weighted by molar-refractivity contribution is 14.1. The first kappa shape index (κ1) is 30.9. The van der Waals surface area contributed by atoms with E-state index >= 15 is 0 Å². The average Bonchev–Trinajstić information content (AvgIpc) is 2.90. The number of aromatic nitrogens is 1. The van der Waals surface area contributed by atoms with Gasteiger partial charge < -0.3 is 18.8 Å². The Morgan fingerprint density at radius 3 is 2.64 bits per heavy atom. The Morgan fingerprint density at radius 1 is 1.26 bits per heavy atom. The van der Waals surface area contributed by atoms with Gasteiger partial charge in [-0.2, -0.15) is 10.4 Å². The number of nitrogens with one attached hydrogen (secondary N) is 1. The van der Waals surface area contributed by atoms with Crippen LogP contribution in [-0.2, 0) is 29.3 Å². The average molecular weight is 748 g/mol. The SMILES string of the molecule is COCc1c(Br)c(C)n(CC(=O)N/N=C/c2cc(I)c(OCc3ccc(Cl)cc3Cl)c(OC)c2)c(=O)c1C#N. The van der Waals surface area contributed by atoms with E-state index in [1.54, 1.807) is 37.3 Å². The molecular formula is C26H22BrCl2IN4O5. The molecule has 9 nitrogen and oxygen atoms in total. The third-order valence-corrected chi connectivity index (χ3v) is 7.93. The first-order chi connectivity index (χ1) is 18.6. The minimum atomic E-state index is -0.584. The summed E-state index contributed by atoms with van der Waals surface area (Å²) in [6.07, 6.45) is 1.44. The summed E-state index contributed by atoms with van der Waals surface area (Å²) in [7, 11) is 2.98. The van der Waals surface area contributed by atoms with Crippen molar-refractivity contribution >= 4 is 73.8 Å². The van der Waals surface area contributed by atoms with Crippen LogP contribution in [0.25, 0.3) is 0 Å². The molecule has 0 saturated carbocycles. The van der Waals surface area contributed by atoms with Gasteiger partial charge in [-0.05, 0) is 75.3 Å². The normalized spacial score (nSPS) is 10.9. The Balaban J connectivity index is 1.73. The van der Waals surface area contributed by atoms with Crippen LogP contribution in [0, 0.1) is 21.8 Å². The molecule has 0 aliphatic rings. The van der Waals surface area contributed by atoms with Gasteiger partial charge in [0.05, 0.1) is 23.5 Å². The Kier molecular flexibility index (Phi) is 11.2. The van der Waals surface area contributed by atoms with Crippen LogP contribution in [0.15, 0.2) is 44.7 Å². The fourth-order valence-electron chi connectivity index (χ4n) is 3.55. The second-order valence-corrected chi connectivity index (χ2v) is 10.8. The number of pyridine rings is 1. The van der Waals surface area contributed by atoms with Gasteiger partial charge in [0, 0.05) is 38.4 Å². The van der Waals surface area contributed by atoms with E-state index in [9.17, 15) is 14.9 Å². The summed E-state index contributed by atoms with van der Waals surface area (Å²) < 4.78 is 19.0. The number of carbonyl (C=O) groups is 1. The molecule has 1 N–H and O–H groups in total. The Labute approximate surface area is 256 Å². The molecule has 3 aromatic rings. The lowest BCUT2D eigenvalue weighted by Crippen LogP contribution is -2.33. The van der Waals surface area contributed by atoms with Crippen LogP contribution in [0.5, 0.6) is 11.5 Å². The molecule has 1 aromatic heterocycles. The van der Waals surface area contributed by atoms with Gasteiger partial charge in [0.2, 0.25) is 0 Å². The maximum atomic E-state index is 12.8. The van der Waals surface area contributed by atoms with Crippen molar-refractivity contribution in [2.75, 3.05) is 14.2 Å². The molecule has 39 heavy (non-hydrogen) atoms. The number of nitriles is 1.